The largest absolute Gasteiger partial charge is 0.391 e. The Morgan fingerprint density at radius 1 is 1.40 bits per heavy atom. The van der Waals surface area contributed by atoms with E-state index in [4.69, 9.17) is 4.74 Å². The molecule has 1 aromatic heterocycles. The molecule has 0 aliphatic heterocycles. The average Bonchev–Trinajstić information content (AvgIpc) is 2.82. The first-order valence-electron chi connectivity index (χ1n) is 6.49. The van der Waals surface area contributed by atoms with E-state index in [0.717, 1.165) is 22.2 Å². The van der Waals surface area contributed by atoms with Crippen LogP contribution in [0.4, 0.5) is 5.13 Å². The van der Waals surface area contributed by atoms with Crippen molar-refractivity contribution in [3.05, 3.63) is 46.0 Å². The van der Waals surface area contributed by atoms with Gasteiger partial charge in [-0.1, -0.05) is 41.2 Å². The van der Waals surface area contributed by atoms with Gasteiger partial charge in [0, 0.05) is 20.7 Å². The molecule has 0 aliphatic carbocycles. The van der Waals surface area contributed by atoms with Crippen LogP contribution in [-0.2, 0) is 24.5 Å². The van der Waals surface area contributed by atoms with Crippen molar-refractivity contribution in [1.82, 2.24) is 4.98 Å². The number of hydrogen-bond acceptors (Lipinski definition) is 5. The molecule has 0 unspecified atom stereocenters. The van der Waals surface area contributed by atoms with E-state index >= 15 is 0 Å². The molecule has 0 bridgehead atoms. The third-order valence-corrected chi connectivity index (χ3v) is 4.22. The zero-order valence-electron chi connectivity index (χ0n) is 12.1. The number of aliphatic hydroxyl groups is 1. The number of ether oxygens (including phenoxy) is 1. The van der Waals surface area contributed by atoms with Crippen LogP contribution in [0.25, 0.3) is 0 Å². The number of anilines is 1. The number of thiazole rings is 1. The van der Waals surface area contributed by atoms with E-state index in [9.17, 15) is 5.11 Å². The quantitative estimate of drug-likeness (QED) is 0.889. The van der Waals surface area contributed by atoms with Gasteiger partial charge < -0.3 is 14.7 Å². The number of nitrogens with zero attached hydrogens (tertiary/aromatic N) is 2. The van der Waals surface area contributed by atoms with E-state index in [1.54, 1.807) is 7.11 Å². The van der Waals surface area contributed by atoms with Crippen molar-refractivity contribution in [3.8, 4) is 0 Å². The van der Waals surface area contributed by atoms with Crippen LogP contribution in [-0.4, -0.2) is 24.2 Å². The minimum atomic E-state index is 0.00858. The third kappa shape index (κ3) is 3.56. The van der Waals surface area contributed by atoms with E-state index < -0.39 is 0 Å². The molecule has 0 spiro atoms. The lowest BCUT2D eigenvalue weighted by Gasteiger charge is -2.16. The van der Waals surface area contributed by atoms with Gasteiger partial charge in [0.1, 0.15) is 0 Å². The maximum atomic E-state index is 9.36. The van der Waals surface area contributed by atoms with Crippen molar-refractivity contribution in [2.75, 3.05) is 19.1 Å². The molecular formula is C15H20N2O2S. The first-order chi connectivity index (χ1) is 9.63. The molecule has 1 heterocycles. The molecule has 0 aliphatic rings. The maximum Gasteiger partial charge on any atom is 0.185 e. The van der Waals surface area contributed by atoms with E-state index in [1.165, 1.54) is 22.5 Å². The Morgan fingerprint density at radius 3 is 2.85 bits per heavy atom. The zero-order chi connectivity index (χ0) is 14.5. The molecule has 4 nitrogen and oxygen atoms in total. The summed E-state index contributed by atoms with van der Waals surface area (Å²) in [4.78, 5) is 7.52. The maximum absolute atomic E-state index is 9.36. The molecule has 108 valence electrons. The van der Waals surface area contributed by atoms with Crippen LogP contribution in [0.2, 0.25) is 0 Å². The van der Waals surface area contributed by atoms with Crippen molar-refractivity contribution < 1.29 is 9.84 Å². The van der Waals surface area contributed by atoms with Crippen LogP contribution < -0.4 is 4.90 Å². The van der Waals surface area contributed by atoms with Crippen molar-refractivity contribution in [1.29, 1.82) is 0 Å². The summed E-state index contributed by atoms with van der Waals surface area (Å²) in [6, 6.07) is 8.44. The van der Waals surface area contributed by atoms with Crippen LogP contribution in [0.1, 0.15) is 21.7 Å². The number of aryl methyl sites for hydroxylation is 1. The summed E-state index contributed by atoms with van der Waals surface area (Å²) in [5.74, 6) is 0. The van der Waals surface area contributed by atoms with Crippen molar-refractivity contribution in [2.45, 2.75) is 26.7 Å². The molecule has 1 aromatic carbocycles. The molecule has 20 heavy (non-hydrogen) atoms. The van der Waals surface area contributed by atoms with Gasteiger partial charge in [0.15, 0.2) is 5.13 Å². The summed E-state index contributed by atoms with van der Waals surface area (Å²) in [5.41, 5.74) is 3.33. The highest BCUT2D eigenvalue weighted by Gasteiger charge is 2.13. The summed E-state index contributed by atoms with van der Waals surface area (Å²) in [6.07, 6.45) is 0. The second kappa shape index (κ2) is 6.83. The summed E-state index contributed by atoms with van der Waals surface area (Å²) in [7, 11) is 3.65. The van der Waals surface area contributed by atoms with Crippen LogP contribution in [0, 0.1) is 6.92 Å². The topological polar surface area (TPSA) is 45.6 Å². The molecule has 0 radical (unpaired) electrons. The molecule has 0 saturated heterocycles. The first kappa shape index (κ1) is 15.0. The molecule has 0 amide bonds. The molecule has 1 N–H and O–H groups in total. The number of aromatic nitrogens is 1. The van der Waals surface area contributed by atoms with Gasteiger partial charge in [-0.2, -0.15) is 0 Å². The molecular weight excluding hydrogens is 272 g/mol. The highest BCUT2D eigenvalue weighted by Crippen LogP contribution is 2.27. The van der Waals surface area contributed by atoms with E-state index in [0.29, 0.717) is 6.61 Å². The van der Waals surface area contributed by atoms with Gasteiger partial charge in [0.05, 0.1) is 23.8 Å². The minimum Gasteiger partial charge on any atom is -0.391 e. The Hall–Kier alpha value is -1.43. The SMILES string of the molecule is COCc1nc(N(C)Cc2cccc(C)c2)sc1CO. The number of rotatable bonds is 6. The predicted molar refractivity (Wildman–Crippen MR) is 82.0 cm³/mol. The van der Waals surface area contributed by atoms with Gasteiger partial charge in [-0.15, -0.1) is 0 Å². The fourth-order valence-corrected chi connectivity index (χ4v) is 2.94. The predicted octanol–water partition coefficient (Wildman–Crippen LogP) is 2.73. The zero-order valence-corrected chi connectivity index (χ0v) is 12.9. The summed E-state index contributed by atoms with van der Waals surface area (Å²) in [6.45, 7) is 3.33. The summed E-state index contributed by atoms with van der Waals surface area (Å²) >= 11 is 1.52. The number of hydrogen-bond donors (Lipinski definition) is 1. The smallest absolute Gasteiger partial charge is 0.185 e. The second-order valence-corrected chi connectivity index (χ2v) is 5.86. The lowest BCUT2D eigenvalue weighted by molar-refractivity contribution is 0.179. The molecule has 5 heteroatoms. The molecule has 0 saturated carbocycles. The van der Waals surface area contributed by atoms with Crippen molar-refractivity contribution in [2.24, 2.45) is 0 Å². The fraction of sp³-hybridized carbons (Fsp3) is 0.400. The van der Waals surface area contributed by atoms with Gasteiger partial charge in [0.2, 0.25) is 0 Å². The Kier molecular flexibility index (Phi) is 5.11. The Bertz CT molecular complexity index is 569. The standard InChI is InChI=1S/C15H20N2O2S/c1-11-5-4-6-12(7-11)8-17(2)15-16-13(10-19-3)14(9-18)20-15/h4-7,18H,8-10H2,1-3H3. The Labute approximate surface area is 123 Å². The van der Waals surface area contributed by atoms with Crippen LogP contribution in [0.3, 0.4) is 0 Å². The third-order valence-electron chi connectivity index (χ3n) is 3.02. The van der Waals surface area contributed by atoms with Crippen LogP contribution in [0.5, 0.6) is 0 Å². The Balaban J connectivity index is 2.14. The normalized spacial score (nSPS) is 10.8. The summed E-state index contributed by atoms with van der Waals surface area (Å²) < 4.78 is 5.11. The highest BCUT2D eigenvalue weighted by atomic mass is 32.1. The molecule has 2 rings (SSSR count). The highest BCUT2D eigenvalue weighted by molar-refractivity contribution is 7.15. The van der Waals surface area contributed by atoms with Gasteiger partial charge in [0.25, 0.3) is 0 Å². The second-order valence-electron chi connectivity index (χ2n) is 4.80. The van der Waals surface area contributed by atoms with E-state index in [1.807, 2.05) is 7.05 Å². The lowest BCUT2D eigenvalue weighted by atomic mass is 10.1. The van der Waals surface area contributed by atoms with Crippen molar-refractivity contribution >= 4 is 16.5 Å². The van der Waals surface area contributed by atoms with Crippen molar-refractivity contribution in [3.63, 3.8) is 0 Å². The minimum absolute atomic E-state index is 0.00858. The summed E-state index contributed by atoms with van der Waals surface area (Å²) in [5, 5.41) is 10.3. The fourth-order valence-electron chi connectivity index (χ4n) is 2.06. The number of benzene rings is 1. The van der Waals surface area contributed by atoms with E-state index in [-0.39, 0.29) is 6.61 Å². The van der Waals surface area contributed by atoms with Gasteiger partial charge in [-0.3, -0.25) is 0 Å². The lowest BCUT2D eigenvalue weighted by Crippen LogP contribution is -2.16. The van der Waals surface area contributed by atoms with Crippen LogP contribution >= 0.6 is 11.3 Å². The number of methoxy groups -OCH3 is 1. The molecule has 0 fully saturated rings. The van der Waals surface area contributed by atoms with E-state index in [2.05, 4.69) is 41.1 Å². The van der Waals surface area contributed by atoms with Gasteiger partial charge in [-0.25, -0.2) is 4.98 Å². The number of aliphatic hydroxyl groups excluding tert-OH is 1. The van der Waals surface area contributed by atoms with Gasteiger partial charge >= 0.3 is 0 Å². The van der Waals surface area contributed by atoms with Crippen LogP contribution in [0.15, 0.2) is 24.3 Å². The molecule has 2 aromatic rings. The molecule has 0 atom stereocenters. The Morgan fingerprint density at radius 2 is 2.20 bits per heavy atom. The average molecular weight is 292 g/mol. The van der Waals surface area contributed by atoms with Gasteiger partial charge in [-0.05, 0) is 12.5 Å². The monoisotopic (exact) mass is 292 g/mol. The first-order valence-corrected chi connectivity index (χ1v) is 7.30.